The fraction of sp³-hybridized carbons (Fsp3) is 0.0526. The second-order valence-corrected chi connectivity index (χ2v) is 7.49. The molecule has 0 saturated carbocycles. The smallest absolute Gasteiger partial charge is 0.258 e. The van der Waals surface area contributed by atoms with E-state index in [0.29, 0.717) is 5.56 Å². The van der Waals surface area contributed by atoms with Gasteiger partial charge in [-0.05, 0) is 28.0 Å². The Balaban J connectivity index is 1.87. The Morgan fingerprint density at radius 3 is 2.48 bits per heavy atom. The zero-order valence-corrected chi connectivity index (χ0v) is 14.0. The van der Waals surface area contributed by atoms with Gasteiger partial charge in [-0.25, -0.2) is 8.42 Å². The van der Waals surface area contributed by atoms with Crippen LogP contribution in [0.25, 0.3) is 16.8 Å². The predicted molar refractivity (Wildman–Crippen MR) is 98.7 cm³/mol. The molecule has 0 aliphatic carbocycles. The van der Waals surface area contributed by atoms with Crippen LogP contribution in [0.1, 0.15) is 11.1 Å². The maximum atomic E-state index is 12.4. The van der Waals surface area contributed by atoms with Gasteiger partial charge in [0, 0.05) is 17.5 Å². The van der Waals surface area contributed by atoms with Crippen LogP contribution in [-0.4, -0.2) is 13.3 Å². The summed E-state index contributed by atoms with van der Waals surface area (Å²) in [7, 11) is -3.51. The second-order valence-electron chi connectivity index (χ2n) is 5.60. The van der Waals surface area contributed by atoms with E-state index in [2.05, 4.69) is 0 Å². The van der Waals surface area contributed by atoms with Crippen molar-refractivity contribution >= 4 is 32.4 Å². The summed E-state index contributed by atoms with van der Waals surface area (Å²) in [6, 6.07) is 19.0. The maximum Gasteiger partial charge on any atom is 0.270 e. The molecule has 0 bridgehead atoms. The molecular weight excluding hydrogens is 338 g/mol. The van der Waals surface area contributed by atoms with Crippen molar-refractivity contribution in [3.8, 4) is 0 Å². The number of non-ortho nitro benzene ring substituents is 1. The van der Waals surface area contributed by atoms with Gasteiger partial charge in [0.15, 0.2) is 9.84 Å². The van der Waals surface area contributed by atoms with E-state index in [1.807, 2.05) is 36.4 Å². The Bertz CT molecular complexity index is 1070. The van der Waals surface area contributed by atoms with Gasteiger partial charge in [0.25, 0.3) is 5.69 Å². The highest BCUT2D eigenvalue weighted by Gasteiger charge is 2.11. The Morgan fingerprint density at radius 2 is 1.68 bits per heavy atom. The van der Waals surface area contributed by atoms with Gasteiger partial charge >= 0.3 is 0 Å². The minimum absolute atomic E-state index is 0.0754. The van der Waals surface area contributed by atoms with Crippen molar-refractivity contribution < 1.29 is 13.3 Å². The van der Waals surface area contributed by atoms with Crippen LogP contribution in [0.5, 0.6) is 0 Å². The molecular formula is C19H15NO4S. The van der Waals surface area contributed by atoms with Gasteiger partial charge in [0.1, 0.15) is 0 Å². The summed E-state index contributed by atoms with van der Waals surface area (Å²) >= 11 is 0. The Morgan fingerprint density at radius 1 is 0.960 bits per heavy atom. The molecule has 0 unspecified atom stereocenters. The average Bonchev–Trinajstić information content (AvgIpc) is 2.60. The van der Waals surface area contributed by atoms with E-state index in [1.165, 1.54) is 24.3 Å². The van der Waals surface area contributed by atoms with Crippen LogP contribution in [0.2, 0.25) is 0 Å². The fourth-order valence-electron chi connectivity index (χ4n) is 2.61. The van der Waals surface area contributed by atoms with E-state index in [9.17, 15) is 18.5 Å². The van der Waals surface area contributed by atoms with Gasteiger partial charge in [-0.2, -0.15) is 0 Å². The molecule has 3 aromatic carbocycles. The summed E-state index contributed by atoms with van der Waals surface area (Å²) in [5.74, 6) is -0.125. The van der Waals surface area contributed by atoms with Crippen LogP contribution in [-0.2, 0) is 15.6 Å². The topological polar surface area (TPSA) is 77.3 Å². The third-order valence-corrected chi connectivity index (χ3v) is 5.05. The molecule has 126 valence electrons. The molecule has 0 heterocycles. The van der Waals surface area contributed by atoms with E-state index in [4.69, 9.17) is 0 Å². The molecule has 0 amide bonds. The van der Waals surface area contributed by atoms with E-state index in [1.54, 1.807) is 12.1 Å². The standard InChI is InChI=1S/C19H15NO4S/c21-20(22)18-9-3-5-15(13-18)11-12-25(23,24)14-17-8-4-7-16-6-1-2-10-19(16)17/h1-13H,14H2. The highest BCUT2D eigenvalue weighted by atomic mass is 32.2. The van der Waals surface area contributed by atoms with Crippen molar-refractivity contribution in [2.45, 2.75) is 5.75 Å². The number of hydrogen-bond donors (Lipinski definition) is 0. The number of fused-ring (bicyclic) bond motifs is 1. The molecule has 0 N–H and O–H groups in total. The first-order chi connectivity index (χ1) is 11.9. The highest BCUT2D eigenvalue weighted by molar-refractivity contribution is 7.93. The van der Waals surface area contributed by atoms with Crippen molar-refractivity contribution in [1.82, 2.24) is 0 Å². The first-order valence-electron chi connectivity index (χ1n) is 7.56. The van der Waals surface area contributed by atoms with Gasteiger partial charge in [0.05, 0.1) is 10.7 Å². The van der Waals surface area contributed by atoms with Crippen LogP contribution in [0.15, 0.2) is 72.1 Å². The molecule has 0 radical (unpaired) electrons. The van der Waals surface area contributed by atoms with Crippen LogP contribution < -0.4 is 0 Å². The lowest BCUT2D eigenvalue weighted by molar-refractivity contribution is -0.384. The first kappa shape index (κ1) is 16.9. The van der Waals surface area contributed by atoms with E-state index in [-0.39, 0.29) is 11.4 Å². The lowest BCUT2D eigenvalue weighted by atomic mass is 10.1. The predicted octanol–water partition coefficient (Wildman–Crippen LogP) is 4.33. The van der Waals surface area contributed by atoms with Crippen molar-refractivity contribution in [1.29, 1.82) is 0 Å². The Hall–Kier alpha value is -2.99. The minimum Gasteiger partial charge on any atom is -0.258 e. The van der Waals surface area contributed by atoms with Crippen LogP contribution in [0.3, 0.4) is 0 Å². The Labute approximate surface area is 145 Å². The number of nitro groups is 1. The average molecular weight is 353 g/mol. The quantitative estimate of drug-likeness (QED) is 0.505. The SMILES string of the molecule is O=[N+]([O-])c1cccc(C=CS(=O)(=O)Cc2cccc3ccccc23)c1. The van der Waals surface area contributed by atoms with Crippen molar-refractivity contribution in [2.75, 3.05) is 0 Å². The molecule has 0 aliphatic heterocycles. The summed E-state index contributed by atoms with van der Waals surface area (Å²) in [5.41, 5.74) is 1.12. The third-order valence-electron chi connectivity index (χ3n) is 3.79. The number of nitro benzene ring substituents is 1. The van der Waals surface area contributed by atoms with Gasteiger partial charge in [0.2, 0.25) is 0 Å². The summed E-state index contributed by atoms with van der Waals surface area (Å²) in [5, 5.41) is 13.8. The minimum atomic E-state index is -3.51. The van der Waals surface area contributed by atoms with Gasteiger partial charge in [-0.15, -0.1) is 0 Å². The van der Waals surface area contributed by atoms with Gasteiger partial charge in [-0.3, -0.25) is 10.1 Å². The molecule has 0 atom stereocenters. The molecule has 5 nitrogen and oxygen atoms in total. The van der Waals surface area contributed by atoms with Gasteiger partial charge in [-0.1, -0.05) is 54.6 Å². The Kier molecular flexibility index (Phi) is 4.63. The first-order valence-corrected chi connectivity index (χ1v) is 9.28. The summed E-state index contributed by atoms with van der Waals surface area (Å²) in [6.07, 6.45) is 1.38. The number of rotatable bonds is 5. The lowest BCUT2D eigenvalue weighted by Crippen LogP contribution is -2.00. The second kappa shape index (κ2) is 6.86. The lowest BCUT2D eigenvalue weighted by Gasteiger charge is -2.05. The molecule has 3 rings (SSSR count). The van der Waals surface area contributed by atoms with Crippen molar-refractivity contribution in [3.05, 3.63) is 93.4 Å². The van der Waals surface area contributed by atoms with Crippen molar-refractivity contribution in [2.24, 2.45) is 0 Å². The van der Waals surface area contributed by atoms with E-state index < -0.39 is 14.8 Å². The van der Waals surface area contributed by atoms with E-state index in [0.717, 1.165) is 21.7 Å². The molecule has 0 saturated heterocycles. The fourth-order valence-corrected chi connectivity index (χ4v) is 3.75. The summed E-state index contributed by atoms with van der Waals surface area (Å²) < 4.78 is 24.8. The van der Waals surface area contributed by atoms with Crippen LogP contribution in [0.4, 0.5) is 5.69 Å². The van der Waals surface area contributed by atoms with E-state index >= 15 is 0 Å². The molecule has 0 aromatic heterocycles. The van der Waals surface area contributed by atoms with Crippen LogP contribution >= 0.6 is 0 Å². The maximum absolute atomic E-state index is 12.4. The zero-order valence-electron chi connectivity index (χ0n) is 13.2. The number of hydrogen-bond acceptors (Lipinski definition) is 4. The normalized spacial score (nSPS) is 11.8. The highest BCUT2D eigenvalue weighted by Crippen LogP contribution is 2.21. The summed E-state index contributed by atoms with van der Waals surface area (Å²) in [4.78, 5) is 10.3. The molecule has 25 heavy (non-hydrogen) atoms. The number of sulfone groups is 1. The number of benzene rings is 3. The monoisotopic (exact) mass is 353 g/mol. The third kappa shape index (κ3) is 4.10. The molecule has 3 aromatic rings. The largest absolute Gasteiger partial charge is 0.270 e. The molecule has 0 spiro atoms. The zero-order chi connectivity index (χ0) is 17.9. The molecule has 0 aliphatic rings. The summed E-state index contributed by atoms with van der Waals surface area (Å²) in [6.45, 7) is 0. The van der Waals surface area contributed by atoms with Gasteiger partial charge < -0.3 is 0 Å². The molecule has 0 fully saturated rings. The van der Waals surface area contributed by atoms with Crippen LogP contribution in [0, 0.1) is 10.1 Å². The molecule has 6 heteroatoms. The number of nitrogens with zero attached hydrogens (tertiary/aromatic N) is 1. The van der Waals surface area contributed by atoms with Crippen molar-refractivity contribution in [3.63, 3.8) is 0 Å².